The summed E-state index contributed by atoms with van der Waals surface area (Å²) in [6, 6.07) is 5.49. The number of nitro benzene ring substituents is 1. The normalized spacial score (nSPS) is 18.7. The lowest BCUT2D eigenvalue weighted by Gasteiger charge is -2.36. The maximum atomic E-state index is 11.8. The molecule has 136 valence electrons. The summed E-state index contributed by atoms with van der Waals surface area (Å²) in [4.78, 5) is 27.3. The quantitative estimate of drug-likeness (QED) is 0.629. The highest BCUT2D eigenvalue weighted by Crippen LogP contribution is 2.31. The van der Waals surface area contributed by atoms with Gasteiger partial charge in [0.15, 0.2) is 0 Å². The van der Waals surface area contributed by atoms with Gasteiger partial charge in [-0.15, -0.1) is 0 Å². The maximum absolute atomic E-state index is 11.8. The Balaban J connectivity index is 1.48. The molecule has 0 bridgehead atoms. The number of carbonyl (C=O) groups is 1. The summed E-state index contributed by atoms with van der Waals surface area (Å²) in [6.07, 6.45) is 3.23. The minimum absolute atomic E-state index is 0.195. The van der Waals surface area contributed by atoms with E-state index in [0.29, 0.717) is 17.8 Å². The van der Waals surface area contributed by atoms with Crippen LogP contribution >= 0.6 is 0 Å². The Morgan fingerprint density at radius 2 is 2.00 bits per heavy atom. The zero-order valence-electron chi connectivity index (χ0n) is 14.7. The monoisotopic (exact) mass is 346 g/mol. The van der Waals surface area contributed by atoms with E-state index in [2.05, 4.69) is 15.1 Å². The van der Waals surface area contributed by atoms with Crippen molar-refractivity contribution < 1.29 is 9.72 Å². The minimum atomic E-state index is -0.285. The summed E-state index contributed by atoms with van der Waals surface area (Å²) in [6.45, 7) is 6.53. The van der Waals surface area contributed by atoms with E-state index in [1.165, 1.54) is 6.42 Å². The second kappa shape index (κ2) is 7.82. The van der Waals surface area contributed by atoms with Crippen molar-refractivity contribution in [1.82, 2.24) is 10.2 Å². The van der Waals surface area contributed by atoms with E-state index in [9.17, 15) is 14.9 Å². The van der Waals surface area contributed by atoms with Gasteiger partial charge in [0, 0.05) is 50.7 Å². The van der Waals surface area contributed by atoms with Crippen LogP contribution in [-0.4, -0.2) is 55.0 Å². The number of anilines is 1. The number of nitro groups is 1. The van der Waals surface area contributed by atoms with Crippen LogP contribution in [-0.2, 0) is 4.79 Å². The predicted molar refractivity (Wildman–Crippen MR) is 96.8 cm³/mol. The molecule has 25 heavy (non-hydrogen) atoms. The zero-order chi connectivity index (χ0) is 17.8. The van der Waals surface area contributed by atoms with Crippen molar-refractivity contribution in [3.63, 3.8) is 0 Å². The molecule has 2 aliphatic rings. The topological polar surface area (TPSA) is 78.7 Å². The summed E-state index contributed by atoms with van der Waals surface area (Å²) >= 11 is 0. The van der Waals surface area contributed by atoms with Gasteiger partial charge in [-0.3, -0.25) is 19.8 Å². The molecule has 2 fully saturated rings. The highest BCUT2D eigenvalue weighted by Gasteiger charge is 2.26. The molecule has 7 nitrogen and oxygen atoms in total. The van der Waals surface area contributed by atoms with Crippen LogP contribution in [0.15, 0.2) is 18.2 Å². The molecule has 0 aromatic heterocycles. The third kappa shape index (κ3) is 4.10. The number of nitrogens with one attached hydrogen (secondary N) is 1. The molecule has 0 spiro atoms. The molecule has 1 aliphatic carbocycles. The first-order chi connectivity index (χ1) is 12.1. The van der Waals surface area contributed by atoms with Crippen LogP contribution < -0.4 is 10.2 Å². The van der Waals surface area contributed by atoms with Crippen LogP contribution in [0.3, 0.4) is 0 Å². The fourth-order valence-corrected chi connectivity index (χ4v) is 3.50. The Kier molecular flexibility index (Phi) is 5.53. The first-order valence-corrected chi connectivity index (χ1v) is 9.05. The van der Waals surface area contributed by atoms with Crippen LogP contribution in [0.25, 0.3) is 0 Å². The summed E-state index contributed by atoms with van der Waals surface area (Å²) in [7, 11) is 0. The lowest BCUT2D eigenvalue weighted by Crippen LogP contribution is -2.49. The van der Waals surface area contributed by atoms with E-state index in [4.69, 9.17) is 0 Å². The first-order valence-electron chi connectivity index (χ1n) is 9.05. The van der Waals surface area contributed by atoms with Crippen LogP contribution in [0.1, 0.15) is 24.8 Å². The lowest BCUT2D eigenvalue weighted by atomic mass is 9.85. The molecule has 0 unspecified atom stereocenters. The third-order valence-electron chi connectivity index (χ3n) is 5.32. The molecule has 1 aliphatic heterocycles. The Labute approximate surface area is 148 Å². The number of nitrogens with zero attached hydrogens (tertiary/aromatic N) is 3. The number of aryl methyl sites for hydroxylation is 1. The summed E-state index contributed by atoms with van der Waals surface area (Å²) in [5.41, 5.74) is 1.62. The Hall–Kier alpha value is -2.15. The van der Waals surface area contributed by atoms with Gasteiger partial charge in [-0.2, -0.15) is 0 Å². The second-order valence-corrected chi connectivity index (χ2v) is 6.95. The van der Waals surface area contributed by atoms with E-state index in [1.807, 2.05) is 12.1 Å². The van der Waals surface area contributed by atoms with Crippen LogP contribution in [0.2, 0.25) is 0 Å². The molecule has 1 amide bonds. The molecule has 1 N–H and O–H groups in total. The predicted octanol–water partition coefficient (Wildman–Crippen LogP) is 1.94. The minimum Gasteiger partial charge on any atom is -0.363 e. The van der Waals surface area contributed by atoms with E-state index in [-0.39, 0.29) is 22.4 Å². The SMILES string of the molecule is Cc1cccc(N2CCN(CCNC(=O)C3CCC3)CC2)c1[N+](=O)[O-]. The van der Waals surface area contributed by atoms with Crippen molar-refractivity contribution >= 4 is 17.3 Å². The van der Waals surface area contributed by atoms with Gasteiger partial charge >= 0.3 is 0 Å². The fourth-order valence-electron chi connectivity index (χ4n) is 3.50. The molecule has 1 saturated heterocycles. The standard InChI is InChI=1S/C18H26N4O3/c1-14-4-2-7-16(17(14)22(24)25)21-12-10-20(11-13-21)9-8-19-18(23)15-5-3-6-15/h2,4,7,15H,3,5-6,8-13H2,1H3,(H,19,23). The van der Waals surface area contributed by atoms with Gasteiger partial charge in [0.1, 0.15) is 5.69 Å². The fraction of sp³-hybridized carbons (Fsp3) is 0.611. The lowest BCUT2D eigenvalue weighted by molar-refractivity contribution is -0.384. The largest absolute Gasteiger partial charge is 0.363 e. The number of rotatable bonds is 6. The summed E-state index contributed by atoms with van der Waals surface area (Å²) in [5, 5.41) is 14.4. The summed E-state index contributed by atoms with van der Waals surface area (Å²) < 4.78 is 0. The number of benzene rings is 1. The molecular formula is C18H26N4O3. The Morgan fingerprint density at radius 1 is 1.28 bits per heavy atom. The molecule has 1 saturated carbocycles. The number of hydrogen-bond donors (Lipinski definition) is 1. The van der Waals surface area contributed by atoms with Crippen LogP contribution in [0.5, 0.6) is 0 Å². The van der Waals surface area contributed by atoms with Crippen molar-refractivity contribution in [3.8, 4) is 0 Å². The van der Waals surface area contributed by atoms with Gasteiger partial charge in [-0.1, -0.05) is 18.6 Å². The zero-order valence-corrected chi connectivity index (χ0v) is 14.7. The van der Waals surface area contributed by atoms with Crippen molar-refractivity contribution in [2.45, 2.75) is 26.2 Å². The average molecular weight is 346 g/mol. The number of amides is 1. The molecular weight excluding hydrogens is 320 g/mol. The molecule has 1 aromatic rings. The number of para-hydroxylation sites is 1. The molecule has 0 radical (unpaired) electrons. The highest BCUT2D eigenvalue weighted by molar-refractivity contribution is 5.79. The number of piperazine rings is 1. The molecule has 7 heteroatoms. The van der Waals surface area contributed by atoms with Crippen LogP contribution in [0.4, 0.5) is 11.4 Å². The smallest absolute Gasteiger partial charge is 0.295 e. The molecule has 3 rings (SSSR count). The van der Waals surface area contributed by atoms with Gasteiger partial charge in [0.2, 0.25) is 5.91 Å². The molecule has 1 heterocycles. The van der Waals surface area contributed by atoms with Crippen molar-refractivity contribution in [2.75, 3.05) is 44.2 Å². The summed E-state index contributed by atoms with van der Waals surface area (Å²) in [5.74, 6) is 0.430. The van der Waals surface area contributed by atoms with E-state index in [0.717, 1.165) is 45.6 Å². The molecule has 0 atom stereocenters. The van der Waals surface area contributed by atoms with Gasteiger partial charge in [-0.05, 0) is 25.8 Å². The molecule has 1 aromatic carbocycles. The first kappa shape index (κ1) is 17.7. The van der Waals surface area contributed by atoms with Crippen LogP contribution in [0, 0.1) is 23.0 Å². The van der Waals surface area contributed by atoms with E-state index >= 15 is 0 Å². The van der Waals surface area contributed by atoms with Crippen molar-refractivity contribution in [1.29, 1.82) is 0 Å². The van der Waals surface area contributed by atoms with Gasteiger partial charge in [-0.25, -0.2) is 0 Å². The highest BCUT2D eigenvalue weighted by atomic mass is 16.6. The van der Waals surface area contributed by atoms with Crippen molar-refractivity contribution in [3.05, 3.63) is 33.9 Å². The van der Waals surface area contributed by atoms with E-state index < -0.39 is 0 Å². The Bertz CT molecular complexity index is 637. The second-order valence-electron chi connectivity index (χ2n) is 6.95. The average Bonchev–Trinajstić information content (AvgIpc) is 2.53. The number of carbonyl (C=O) groups excluding carboxylic acids is 1. The Morgan fingerprint density at radius 3 is 2.60 bits per heavy atom. The van der Waals surface area contributed by atoms with Gasteiger partial charge in [0.25, 0.3) is 5.69 Å². The van der Waals surface area contributed by atoms with Crippen molar-refractivity contribution in [2.24, 2.45) is 5.92 Å². The van der Waals surface area contributed by atoms with Gasteiger partial charge in [0.05, 0.1) is 4.92 Å². The number of hydrogen-bond acceptors (Lipinski definition) is 5. The maximum Gasteiger partial charge on any atom is 0.295 e. The van der Waals surface area contributed by atoms with E-state index in [1.54, 1.807) is 13.0 Å². The third-order valence-corrected chi connectivity index (χ3v) is 5.32. The van der Waals surface area contributed by atoms with Gasteiger partial charge < -0.3 is 10.2 Å².